The number of esters is 4. The van der Waals surface area contributed by atoms with Crippen LogP contribution >= 0.6 is 15.6 Å². The first kappa shape index (κ1) is 79.1. The molecule has 0 aromatic heterocycles. The maximum Gasteiger partial charge on any atom is 0.472 e. The fourth-order valence-electron chi connectivity index (χ4n) is 9.28. The highest BCUT2D eigenvalue weighted by atomic mass is 31.2. The molecule has 17 nitrogen and oxygen atoms in total. The van der Waals surface area contributed by atoms with Gasteiger partial charge in [-0.25, -0.2) is 9.13 Å². The van der Waals surface area contributed by atoms with Crippen molar-refractivity contribution in [3.05, 3.63) is 0 Å². The predicted molar refractivity (Wildman–Crippen MR) is 322 cm³/mol. The third-order valence-corrected chi connectivity index (χ3v) is 16.3. The van der Waals surface area contributed by atoms with Crippen LogP contribution in [-0.4, -0.2) is 96.7 Å². The second-order valence-corrected chi connectivity index (χ2v) is 25.4. The zero-order valence-corrected chi connectivity index (χ0v) is 53.5. The Morgan fingerprint density at radius 2 is 0.494 bits per heavy atom. The Hall–Kier alpha value is -1.94. The largest absolute Gasteiger partial charge is 0.472 e. The molecule has 0 aliphatic carbocycles. The molecule has 0 aromatic rings. The molecule has 480 valence electrons. The molecular weight excluding hydrogens is 1080 g/mol. The van der Waals surface area contributed by atoms with Crippen molar-refractivity contribution in [1.29, 1.82) is 0 Å². The maximum atomic E-state index is 13.0. The van der Waals surface area contributed by atoms with Gasteiger partial charge in [0, 0.05) is 25.7 Å². The van der Waals surface area contributed by atoms with Crippen molar-refractivity contribution in [2.75, 3.05) is 39.6 Å². The van der Waals surface area contributed by atoms with Crippen molar-refractivity contribution >= 4 is 39.5 Å². The number of carbonyl (C=O) groups is 4. The molecular formula is C62H120O17P2. The number of carbonyl (C=O) groups excluding carboxylic acids is 4. The van der Waals surface area contributed by atoms with Gasteiger partial charge in [-0.05, 0) is 25.7 Å². The first-order valence-corrected chi connectivity index (χ1v) is 35.8. The highest BCUT2D eigenvalue weighted by molar-refractivity contribution is 7.47. The summed E-state index contributed by atoms with van der Waals surface area (Å²) in [6.07, 6.45) is 41.8. The molecule has 0 heterocycles. The third kappa shape index (κ3) is 56.9. The van der Waals surface area contributed by atoms with E-state index in [4.69, 9.17) is 37.0 Å². The lowest BCUT2D eigenvalue weighted by Gasteiger charge is -2.21. The lowest BCUT2D eigenvalue weighted by Crippen LogP contribution is -2.30. The molecule has 19 heteroatoms. The molecule has 0 radical (unpaired) electrons. The second kappa shape index (κ2) is 57.2. The Morgan fingerprint density at radius 3 is 0.728 bits per heavy atom. The number of unbranched alkanes of at least 4 members (excludes halogenated alkanes) is 37. The summed E-state index contributed by atoms with van der Waals surface area (Å²) in [5, 5.41) is 10.5. The van der Waals surface area contributed by atoms with Gasteiger partial charge in [0.2, 0.25) is 0 Å². The quantitative estimate of drug-likeness (QED) is 0.0222. The maximum absolute atomic E-state index is 13.0. The third-order valence-electron chi connectivity index (χ3n) is 14.4. The molecule has 0 bridgehead atoms. The molecule has 0 aromatic carbocycles. The summed E-state index contributed by atoms with van der Waals surface area (Å²) in [7, 11) is -9.87. The SMILES string of the molecule is CCCCCCCCCCCCCCCCCC(=O)O[C@H](COC(=O)CCCCCCCCCCCCC)COP(=O)(O)OC[C@@H](O)COP(=O)(O)OC[C@@H](COC(=O)CCCCCCCCC)OC(=O)CCCCCCCCCC. The molecule has 0 rings (SSSR count). The zero-order valence-electron chi connectivity index (χ0n) is 51.7. The van der Waals surface area contributed by atoms with Gasteiger partial charge in [-0.1, -0.05) is 265 Å². The molecule has 2 unspecified atom stereocenters. The van der Waals surface area contributed by atoms with Crippen LogP contribution in [0.5, 0.6) is 0 Å². The minimum atomic E-state index is -4.94. The van der Waals surface area contributed by atoms with Crippen molar-refractivity contribution in [2.24, 2.45) is 0 Å². The Kier molecular flexibility index (Phi) is 55.8. The Balaban J connectivity index is 5.18. The van der Waals surface area contributed by atoms with Crippen LogP contribution in [-0.2, 0) is 65.4 Å². The number of phosphoric acid groups is 2. The van der Waals surface area contributed by atoms with Gasteiger partial charge in [-0.15, -0.1) is 0 Å². The Bertz CT molecular complexity index is 1570. The lowest BCUT2D eigenvalue weighted by atomic mass is 10.0. The molecule has 0 amide bonds. The average Bonchev–Trinajstić information content (AvgIpc) is 3.44. The highest BCUT2D eigenvalue weighted by Crippen LogP contribution is 2.45. The summed E-state index contributed by atoms with van der Waals surface area (Å²) < 4.78 is 67.8. The molecule has 0 saturated carbocycles. The van der Waals surface area contributed by atoms with Crippen LogP contribution in [0.1, 0.15) is 317 Å². The van der Waals surface area contributed by atoms with Crippen LogP contribution in [0.2, 0.25) is 0 Å². The zero-order chi connectivity index (χ0) is 59.8. The summed E-state index contributed by atoms with van der Waals surface area (Å²) in [6, 6.07) is 0. The van der Waals surface area contributed by atoms with E-state index in [9.17, 15) is 43.2 Å². The summed E-state index contributed by atoms with van der Waals surface area (Å²) in [6.45, 7) is 4.81. The first-order valence-electron chi connectivity index (χ1n) is 32.8. The fraction of sp³-hybridized carbons (Fsp3) is 0.935. The van der Waals surface area contributed by atoms with Crippen molar-refractivity contribution in [2.45, 2.75) is 335 Å². The van der Waals surface area contributed by atoms with Crippen LogP contribution in [0.4, 0.5) is 0 Å². The molecule has 81 heavy (non-hydrogen) atoms. The number of rotatable bonds is 63. The smallest absolute Gasteiger partial charge is 0.462 e. The van der Waals surface area contributed by atoms with Gasteiger partial charge < -0.3 is 33.8 Å². The average molecular weight is 1200 g/mol. The van der Waals surface area contributed by atoms with E-state index in [1.54, 1.807) is 0 Å². The van der Waals surface area contributed by atoms with Gasteiger partial charge in [-0.3, -0.25) is 37.3 Å². The van der Waals surface area contributed by atoms with Crippen LogP contribution in [0.25, 0.3) is 0 Å². The second-order valence-electron chi connectivity index (χ2n) is 22.4. The van der Waals surface area contributed by atoms with Crippen molar-refractivity contribution in [1.82, 2.24) is 0 Å². The summed E-state index contributed by atoms with van der Waals surface area (Å²) in [4.78, 5) is 71.9. The number of aliphatic hydroxyl groups excluding tert-OH is 1. The topological polar surface area (TPSA) is 237 Å². The van der Waals surface area contributed by atoms with E-state index < -0.39 is 97.5 Å². The Morgan fingerprint density at radius 1 is 0.296 bits per heavy atom. The lowest BCUT2D eigenvalue weighted by molar-refractivity contribution is -0.161. The fourth-order valence-corrected chi connectivity index (χ4v) is 10.9. The summed E-state index contributed by atoms with van der Waals surface area (Å²) in [5.74, 6) is -2.14. The van der Waals surface area contributed by atoms with E-state index in [1.165, 1.54) is 128 Å². The van der Waals surface area contributed by atoms with Gasteiger partial charge in [0.15, 0.2) is 12.2 Å². The molecule has 0 aliphatic rings. The Labute approximate surface area is 492 Å². The molecule has 0 saturated heterocycles. The van der Waals surface area contributed by atoms with Crippen LogP contribution in [0, 0.1) is 0 Å². The van der Waals surface area contributed by atoms with Crippen molar-refractivity contribution in [3.8, 4) is 0 Å². The van der Waals surface area contributed by atoms with E-state index in [2.05, 4.69) is 27.7 Å². The monoisotopic (exact) mass is 1200 g/mol. The summed E-state index contributed by atoms with van der Waals surface area (Å²) in [5.41, 5.74) is 0. The molecule has 5 atom stereocenters. The van der Waals surface area contributed by atoms with Gasteiger partial charge >= 0.3 is 39.5 Å². The highest BCUT2D eigenvalue weighted by Gasteiger charge is 2.30. The van der Waals surface area contributed by atoms with Crippen LogP contribution < -0.4 is 0 Å². The normalized spacial score (nSPS) is 14.2. The molecule has 0 fully saturated rings. The molecule has 0 spiro atoms. The van der Waals surface area contributed by atoms with Crippen LogP contribution in [0.15, 0.2) is 0 Å². The van der Waals surface area contributed by atoms with E-state index >= 15 is 0 Å². The van der Waals surface area contributed by atoms with E-state index in [0.717, 1.165) is 109 Å². The molecule has 0 aliphatic heterocycles. The van der Waals surface area contributed by atoms with Gasteiger partial charge in [-0.2, -0.15) is 0 Å². The predicted octanol–water partition coefficient (Wildman–Crippen LogP) is 17.2. The van der Waals surface area contributed by atoms with Crippen LogP contribution in [0.3, 0.4) is 0 Å². The van der Waals surface area contributed by atoms with Crippen molar-refractivity contribution < 1.29 is 80.2 Å². The number of aliphatic hydroxyl groups is 1. The van der Waals surface area contributed by atoms with E-state index in [0.29, 0.717) is 25.7 Å². The number of hydrogen-bond donors (Lipinski definition) is 3. The summed E-state index contributed by atoms with van der Waals surface area (Å²) >= 11 is 0. The minimum absolute atomic E-state index is 0.105. The van der Waals surface area contributed by atoms with Gasteiger partial charge in [0.05, 0.1) is 26.4 Å². The molecule has 3 N–H and O–H groups in total. The van der Waals surface area contributed by atoms with Gasteiger partial charge in [0.25, 0.3) is 0 Å². The number of phosphoric ester groups is 2. The standard InChI is InChI=1S/C62H120O17P2/c1-5-9-13-17-21-24-26-27-28-29-31-33-37-41-45-49-62(67)79-58(53-73-60(65)47-43-39-36-32-30-25-22-18-14-10-6-2)55-77-81(70,71)75-51-56(63)50-74-80(68,69)76-54-57(52-72-59(64)46-42-38-34-20-16-12-8-4)78-61(66)48-44-40-35-23-19-15-11-7-3/h56-58,63H,5-55H2,1-4H3,(H,68,69)(H,70,71)/t56-,57+,58+/m0/s1. The minimum Gasteiger partial charge on any atom is -0.462 e. The number of hydrogen-bond acceptors (Lipinski definition) is 15. The van der Waals surface area contributed by atoms with E-state index in [-0.39, 0.29) is 25.7 Å². The van der Waals surface area contributed by atoms with E-state index in [1.807, 2.05) is 0 Å². The first-order chi connectivity index (χ1) is 39.2. The van der Waals surface area contributed by atoms with Crippen molar-refractivity contribution in [3.63, 3.8) is 0 Å². The number of ether oxygens (including phenoxy) is 4. The van der Waals surface area contributed by atoms with Gasteiger partial charge in [0.1, 0.15) is 19.3 Å².